The molecule has 3 nitrogen and oxygen atoms in total. The van der Waals surface area contributed by atoms with Crippen LogP contribution >= 0.6 is 0 Å². The van der Waals surface area contributed by atoms with Crippen LogP contribution in [0.25, 0.3) is 0 Å². The zero-order valence-corrected chi connectivity index (χ0v) is 17.0. The number of esters is 1. The number of rotatable bonds is 6. The first kappa shape index (κ1) is 19.0. The Kier molecular flexibility index (Phi) is 6.15. The number of methoxy groups -OCH3 is 1. The minimum atomic E-state index is -3.21. The number of Topliss-reactive ketones (excluding diaryl/α,β-unsaturated/α-hetero) is 1. The van der Waals surface area contributed by atoms with E-state index in [4.69, 9.17) is 4.74 Å². The molecule has 0 atom stereocenters. The van der Waals surface area contributed by atoms with E-state index in [2.05, 4.69) is 36.4 Å². The summed E-state index contributed by atoms with van der Waals surface area (Å²) in [6.07, 6.45) is -0.244. The molecule has 3 aromatic carbocycles. The van der Waals surface area contributed by atoms with E-state index in [-0.39, 0.29) is 12.2 Å². The molecule has 0 fully saturated rings. The van der Waals surface area contributed by atoms with Crippen LogP contribution in [0, 0.1) is 0 Å². The Hall–Kier alpha value is -2.77. The van der Waals surface area contributed by atoms with Crippen molar-refractivity contribution in [3.05, 3.63) is 91.0 Å². The van der Waals surface area contributed by atoms with Crippen LogP contribution in [-0.4, -0.2) is 36.8 Å². The van der Waals surface area contributed by atoms with Crippen molar-refractivity contribution in [2.24, 2.45) is 0 Å². The Morgan fingerprint density at radius 3 is 1.44 bits per heavy atom. The van der Waals surface area contributed by atoms with Crippen molar-refractivity contribution in [3.8, 4) is 0 Å². The first-order valence-corrected chi connectivity index (χ1v) is 12.6. The predicted octanol–water partition coefficient (Wildman–Crippen LogP) is 1.67. The van der Waals surface area contributed by atoms with E-state index >= 15 is 0 Å². The fraction of sp³-hybridized carbons (Fsp3) is 0.0870. The number of ether oxygens (including phenoxy) is 1. The normalized spacial score (nSPS) is 10.9. The van der Waals surface area contributed by atoms with E-state index in [0.29, 0.717) is 0 Å². The van der Waals surface area contributed by atoms with Gasteiger partial charge in [0.15, 0.2) is 0 Å². The van der Waals surface area contributed by atoms with Gasteiger partial charge >= 0.3 is 162 Å². The molecule has 0 heterocycles. The number of hydrogen-bond acceptors (Lipinski definition) is 3. The quantitative estimate of drug-likeness (QED) is 0.346. The molecule has 0 N–H and O–H groups in total. The summed E-state index contributed by atoms with van der Waals surface area (Å²) in [7, 11) is 1.30. The van der Waals surface area contributed by atoms with Gasteiger partial charge in [0.05, 0.1) is 0 Å². The number of benzene rings is 3. The standard InChI is InChI=1S/C23H21AsO3/c1-27-23(26)17-22(25)18-24(19-11-5-2-6-12-19,20-13-7-3-8-14-20)21-15-9-4-10-16-21/h2-16,18H,17H2,1H3. The van der Waals surface area contributed by atoms with E-state index < -0.39 is 19.1 Å². The Balaban J connectivity index is 2.33. The maximum atomic E-state index is 12.8. The third-order valence-corrected chi connectivity index (χ3v) is 12.8. The first-order valence-electron chi connectivity index (χ1n) is 8.68. The molecule has 136 valence electrons. The topological polar surface area (TPSA) is 43.4 Å². The second-order valence-electron chi connectivity index (χ2n) is 6.08. The molecular weight excluding hydrogens is 399 g/mol. The molecule has 0 aliphatic heterocycles. The van der Waals surface area contributed by atoms with Gasteiger partial charge in [0.1, 0.15) is 0 Å². The van der Waals surface area contributed by atoms with Crippen molar-refractivity contribution >= 4 is 42.7 Å². The SMILES string of the molecule is COC(=O)CC(=O)C=[As](c1ccccc1)(c1ccccc1)c1ccccc1. The van der Waals surface area contributed by atoms with Crippen molar-refractivity contribution in [3.63, 3.8) is 0 Å². The molecule has 0 aromatic heterocycles. The van der Waals surface area contributed by atoms with Crippen LogP contribution in [0.1, 0.15) is 6.42 Å². The van der Waals surface area contributed by atoms with Gasteiger partial charge < -0.3 is 0 Å². The van der Waals surface area contributed by atoms with Gasteiger partial charge in [-0.1, -0.05) is 0 Å². The summed E-state index contributed by atoms with van der Waals surface area (Å²) in [4.78, 5) is 26.3. The molecule has 0 radical (unpaired) electrons. The molecule has 0 bridgehead atoms. The predicted molar refractivity (Wildman–Crippen MR) is 112 cm³/mol. The van der Waals surface area contributed by atoms with Crippen LogP contribution in [0.15, 0.2) is 91.0 Å². The van der Waals surface area contributed by atoms with Crippen molar-refractivity contribution in [1.82, 2.24) is 0 Å². The Labute approximate surface area is 161 Å². The molecule has 0 saturated carbocycles. The average molecular weight is 420 g/mol. The Bertz CT molecular complexity index is 861. The fourth-order valence-electron chi connectivity index (χ4n) is 3.14. The number of hydrogen-bond donors (Lipinski definition) is 0. The second-order valence-corrected chi connectivity index (χ2v) is 12.9. The summed E-state index contributed by atoms with van der Waals surface area (Å²) >= 11 is -3.21. The average Bonchev–Trinajstić information content (AvgIpc) is 2.74. The summed E-state index contributed by atoms with van der Waals surface area (Å²) in [5.41, 5.74) is 0. The van der Waals surface area contributed by atoms with Crippen LogP contribution in [0.2, 0.25) is 0 Å². The third kappa shape index (κ3) is 4.15. The monoisotopic (exact) mass is 420 g/mol. The molecule has 4 heteroatoms. The van der Waals surface area contributed by atoms with Crippen LogP contribution < -0.4 is 13.1 Å². The van der Waals surface area contributed by atoms with E-state index in [1.807, 2.05) is 59.4 Å². The molecule has 27 heavy (non-hydrogen) atoms. The molecule has 0 spiro atoms. The van der Waals surface area contributed by atoms with E-state index in [1.165, 1.54) is 7.11 Å². The van der Waals surface area contributed by atoms with Crippen molar-refractivity contribution < 1.29 is 14.3 Å². The molecule has 3 rings (SSSR count). The molecule has 0 aliphatic carbocycles. The van der Waals surface area contributed by atoms with Gasteiger partial charge in [-0.3, -0.25) is 0 Å². The van der Waals surface area contributed by atoms with Crippen molar-refractivity contribution in [2.45, 2.75) is 6.42 Å². The molecular formula is C23H21AsO3. The summed E-state index contributed by atoms with van der Waals surface area (Å²) in [6, 6.07) is 30.4. The Morgan fingerprint density at radius 1 is 0.741 bits per heavy atom. The van der Waals surface area contributed by atoms with E-state index in [9.17, 15) is 9.59 Å². The number of carbonyl (C=O) groups excluding carboxylic acids is 2. The van der Waals surface area contributed by atoms with Gasteiger partial charge in [-0.25, -0.2) is 0 Å². The van der Waals surface area contributed by atoms with Gasteiger partial charge in [-0.15, -0.1) is 0 Å². The molecule has 0 unspecified atom stereocenters. The van der Waals surface area contributed by atoms with Gasteiger partial charge in [0.25, 0.3) is 0 Å². The summed E-state index contributed by atoms with van der Waals surface area (Å²) in [5.74, 6) is -0.718. The van der Waals surface area contributed by atoms with Crippen LogP contribution in [0.3, 0.4) is 0 Å². The first-order chi connectivity index (χ1) is 13.2. The van der Waals surface area contributed by atoms with Gasteiger partial charge in [0.2, 0.25) is 0 Å². The van der Waals surface area contributed by atoms with Crippen LogP contribution in [-0.2, 0) is 14.3 Å². The van der Waals surface area contributed by atoms with Gasteiger partial charge in [0, 0.05) is 0 Å². The van der Waals surface area contributed by atoms with Gasteiger partial charge in [-0.05, 0) is 0 Å². The summed E-state index contributed by atoms with van der Waals surface area (Å²) < 4.78 is 8.08. The summed E-state index contributed by atoms with van der Waals surface area (Å²) in [5, 5.41) is 0. The second kappa shape index (κ2) is 8.74. The molecule has 3 aromatic rings. The maximum absolute atomic E-state index is 12.8. The molecule has 0 amide bonds. The number of ketones is 1. The van der Waals surface area contributed by atoms with Crippen molar-refractivity contribution in [2.75, 3.05) is 7.11 Å². The zero-order chi connectivity index (χ0) is 19.1. The van der Waals surface area contributed by atoms with Crippen LogP contribution in [0.4, 0.5) is 0 Å². The number of carbonyl (C=O) groups is 2. The van der Waals surface area contributed by atoms with E-state index in [0.717, 1.165) is 13.1 Å². The minimum absolute atomic E-state index is 0.203. The Morgan fingerprint density at radius 2 is 1.11 bits per heavy atom. The summed E-state index contributed by atoms with van der Waals surface area (Å²) in [6.45, 7) is 0. The molecule has 0 saturated heterocycles. The zero-order valence-electron chi connectivity index (χ0n) is 15.1. The molecule has 0 aliphatic rings. The van der Waals surface area contributed by atoms with E-state index in [1.54, 1.807) is 0 Å². The van der Waals surface area contributed by atoms with Crippen molar-refractivity contribution in [1.29, 1.82) is 0 Å². The van der Waals surface area contributed by atoms with Gasteiger partial charge in [-0.2, -0.15) is 0 Å². The fourth-order valence-corrected chi connectivity index (χ4v) is 11.1. The van der Waals surface area contributed by atoms with Crippen LogP contribution in [0.5, 0.6) is 0 Å². The third-order valence-electron chi connectivity index (χ3n) is 4.37.